The van der Waals surface area contributed by atoms with Gasteiger partial charge in [0, 0.05) is 13.5 Å². The second kappa shape index (κ2) is 7.44. The lowest BCUT2D eigenvalue weighted by Crippen LogP contribution is -2.27. The maximum absolute atomic E-state index is 15.3. The van der Waals surface area contributed by atoms with Gasteiger partial charge in [0.1, 0.15) is 0 Å². The topological polar surface area (TPSA) is 144 Å². The third kappa shape index (κ3) is 4.22. The standard InChI is InChI=1S/C16H23FN5O6P/c1-16(17)5-10(7-27-29(24,25-2)26-6-9-3-4-9)28-14(16)22-8-19-11-12(22)20-15(18)21-13(11)23/h8-10,14H,3-7H2,1-2H3,(H3,18,20,21,23)/t10-,14+,16+,29+/m0/s1. The Labute approximate surface area is 165 Å². The minimum Gasteiger partial charge on any atom is -0.369 e. The monoisotopic (exact) mass is 431 g/mol. The molecule has 3 heterocycles. The zero-order valence-corrected chi connectivity index (χ0v) is 16.9. The molecular weight excluding hydrogens is 408 g/mol. The molecule has 29 heavy (non-hydrogen) atoms. The molecule has 0 radical (unpaired) electrons. The summed E-state index contributed by atoms with van der Waals surface area (Å²) in [6.45, 7) is 1.47. The van der Waals surface area contributed by atoms with Crippen molar-refractivity contribution in [2.75, 3.05) is 26.1 Å². The smallest absolute Gasteiger partial charge is 0.369 e. The van der Waals surface area contributed by atoms with E-state index in [4.69, 9.17) is 24.0 Å². The Bertz CT molecular complexity index is 1010. The lowest BCUT2D eigenvalue weighted by molar-refractivity contribution is -0.0571. The van der Waals surface area contributed by atoms with E-state index in [1.807, 2.05) is 0 Å². The number of aromatic nitrogens is 4. The zero-order chi connectivity index (χ0) is 20.8. The first kappa shape index (κ1) is 20.4. The Kier molecular flexibility index (Phi) is 5.24. The van der Waals surface area contributed by atoms with Crippen molar-refractivity contribution in [2.24, 2.45) is 5.92 Å². The lowest BCUT2D eigenvalue weighted by Gasteiger charge is -2.22. The van der Waals surface area contributed by atoms with E-state index in [0.29, 0.717) is 12.5 Å². The number of hydrogen-bond acceptors (Lipinski definition) is 9. The van der Waals surface area contributed by atoms with Crippen molar-refractivity contribution in [2.45, 2.75) is 44.2 Å². The van der Waals surface area contributed by atoms with Crippen LogP contribution in [0.2, 0.25) is 0 Å². The van der Waals surface area contributed by atoms with Gasteiger partial charge in [-0.25, -0.2) is 13.9 Å². The molecule has 0 bridgehead atoms. The molecule has 11 nitrogen and oxygen atoms in total. The molecule has 0 amide bonds. The number of alkyl halides is 1. The van der Waals surface area contributed by atoms with E-state index >= 15 is 4.39 Å². The minimum atomic E-state index is -3.74. The number of nitrogen functional groups attached to an aromatic ring is 1. The van der Waals surface area contributed by atoms with Gasteiger partial charge in [-0.1, -0.05) is 0 Å². The molecular formula is C16H23FN5O6P. The van der Waals surface area contributed by atoms with Crippen LogP contribution in [0.5, 0.6) is 0 Å². The van der Waals surface area contributed by atoms with E-state index in [1.54, 1.807) is 0 Å². The highest BCUT2D eigenvalue weighted by Crippen LogP contribution is 2.51. The fourth-order valence-corrected chi connectivity index (χ4v) is 4.31. The summed E-state index contributed by atoms with van der Waals surface area (Å²) in [5.74, 6) is 0.262. The highest BCUT2D eigenvalue weighted by molar-refractivity contribution is 7.48. The fraction of sp³-hybridized carbons (Fsp3) is 0.688. The van der Waals surface area contributed by atoms with Gasteiger partial charge in [-0.3, -0.25) is 27.9 Å². The Hall–Kier alpha value is -1.85. The molecule has 0 aromatic carbocycles. The number of nitrogens with two attached hydrogens (primary N) is 1. The van der Waals surface area contributed by atoms with Gasteiger partial charge in [-0.15, -0.1) is 0 Å². The third-order valence-electron chi connectivity index (χ3n) is 4.97. The molecule has 0 unspecified atom stereocenters. The number of imidazole rings is 1. The van der Waals surface area contributed by atoms with E-state index in [1.165, 1.54) is 24.9 Å². The molecule has 4 rings (SSSR count). The first-order valence-corrected chi connectivity index (χ1v) is 10.7. The summed E-state index contributed by atoms with van der Waals surface area (Å²) in [5.41, 5.74) is 3.37. The van der Waals surface area contributed by atoms with Crippen LogP contribution in [-0.2, 0) is 22.9 Å². The molecule has 4 atom stereocenters. The summed E-state index contributed by atoms with van der Waals surface area (Å²) in [6, 6.07) is 0. The summed E-state index contributed by atoms with van der Waals surface area (Å²) in [7, 11) is -2.50. The predicted octanol–water partition coefficient (Wildman–Crippen LogP) is 1.92. The van der Waals surface area contributed by atoms with E-state index < -0.39 is 31.4 Å². The first-order chi connectivity index (χ1) is 13.7. The molecule has 2 aromatic rings. The summed E-state index contributed by atoms with van der Waals surface area (Å²) in [5, 5.41) is 0. The predicted molar refractivity (Wildman–Crippen MR) is 99.8 cm³/mol. The highest BCUT2D eigenvalue weighted by atomic mass is 31.2. The van der Waals surface area contributed by atoms with E-state index in [2.05, 4.69) is 15.0 Å². The highest BCUT2D eigenvalue weighted by Gasteiger charge is 2.48. The molecule has 1 saturated heterocycles. The normalized spacial score (nSPS) is 29.3. The van der Waals surface area contributed by atoms with Gasteiger partial charge in [0.05, 0.1) is 25.6 Å². The van der Waals surface area contributed by atoms with E-state index in [0.717, 1.165) is 12.8 Å². The number of ether oxygens (including phenoxy) is 1. The van der Waals surface area contributed by atoms with Crippen molar-refractivity contribution in [1.29, 1.82) is 0 Å². The number of rotatable bonds is 8. The molecule has 1 aliphatic carbocycles. The Balaban J connectivity index is 1.48. The molecule has 0 spiro atoms. The molecule has 1 aliphatic heterocycles. The van der Waals surface area contributed by atoms with Crippen LogP contribution in [0.15, 0.2) is 11.1 Å². The maximum atomic E-state index is 15.3. The number of phosphoric acid groups is 1. The van der Waals surface area contributed by atoms with Crippen LogP contribution in [0.3, 0.4) is 0 Å². The average Bonchev–Trinajstić information content (AvgIpc) is 3.32. The number of aromatic amines is 1. The largest absolute Gasteiger partial charge is 0.474 e. The quantitative estimate of drug-likeness (QED) is 0.599. The van der Waals surface area contributed by atoms with Crippen molar-refractivity contribution in [1.82, 2.24) is 19.5 Å². The second-order valence-electron chi connectivity index (χ2n) is 7.53. The van der Waals surface area contributed by atoms with Gasteiger partial charge in [0.15, 0.2) is 23.1 Å². The van der Waals surface area contributed by atoms with Crippen molar-refractivity contribution in [3.8, 4) is 0 Å². The van der Waals surface area contributed by atoms with Gasteiger partial charge in [0.2, 0.25) is 5.95 Å². The fourth-order valence-electron chi connectivity index (χ4n) is 3.29. The first-order valence-electron chi connectivity index (χ1n) is 9.22. The van der Waals surface area contributed by atoms with Crippen LogP contribution in [0.1, 0.15) is 32.4 Å². The lowest BCUT2D eigenvalue weighted by atomic mass is 10.0. The molecule has 1 saturated carbocycles. The van der Waals surface area contributed by atoms with Crippen LogP contribution in [-0.4, -0.2) is 51.6 Å². The van der Waals surface area contributed by atoms with Crippen molar-refractivity contribution in [3.63, 3.8) is 0 Å². The van der Waals surface area contributed by atoms with Crippen LogP contribution >= 0.6 is 7.82 Å². The number of anilines is 1. The molecule has 13 heteroatoms. The number of hydrogen-bond donors (Lipinski definition) is 2. The number of nitrogens with one attached hydrogen (secondary N) is 1. The zero-order valence-electron chi connectivity index (χ0n) is 16.0. The molecule has 2 aliphatic rings. The number of phosphoric ester groups is 1. The number of nitrogens with zero attached hydrogens (tertiary/aromatic N) is 3. The molecule has 2 fully saturated rings. The Morgan fingerprint density at radius 3 is 2.86 bits per heavy atom. The Morgan fingerprint density at radius 1 is 1.45 bits per heavy atom. The van der Waals surface area contributed by atoms with Crippen molar-refractivity contribution < 1.29 is 27.3 Å². The van der Waals surface area contributed by atoms with Gasteiger partial charge in [0.25, 0.3) is 5.56 Å². The summed E-state index contributed by atoms with van der Waals surface area (Å²) >= 11 is 0. The third-order valence-corrected chi connectivity index (χ3v) is 6.35. The molecule has 160 valence electrons. The van der Waals surface area contributed by atoms with Crippen LogP contribution in [0, 0.1) is 5.92 Å². The van der Waals surface area contributed by atoms with Crippen LogP contribution in [0.25, 0.3) is 11.2 Å². The maximum Gasteiger partial charge on any atom is 0.474 e. The van der Waals surface area contributed by atoms with Crippen molar-refractivity contribution in [3.05, 3.63) is 16.7 Å². The van der Waals surface area contributed by atoms with Crippen LogP contribution in [0.4, 0.5) is 10.3 Å². The van der Waals surface area contributed by atoms with Crippen molar-refractivity contribution >= 4 is 24.9 Å². The SMILES string of the molecule is CO[P@](=O)(OCC1CC1)OC[C@@H]1C[C@@](C)(F)[C@H](n2cnc3c(=O)[nH]c(N)nc32)O1. The van der Waals surface area contributed by atoms with Gasteiger partial charge in [-0.2, -0.15) is 4.98 Å². The number of H-pyrrole nitrogens is 1. The number of halogens is 1. The molecule has 3 N–H and O–H groups in total. The average molecular weight is 431 g/mol. The summed E-state index contributed by atoms with van der Waals surface area (Å²) < 4.78 is 50.4. The number of fused-ring (bicyclic) bond motifs is 1. The van der Waals surface area contributed by atoms with E-state index in [9.17, 15) is 9.36 Å². The van der Waals surface area contributed by atoms with Gasteiger partial charge >= 0.3 is 7.82 Å². The second-order valence-corrected chi connectivity index (χ2v) is 9.31. The van der Waals surface area contributed by atoms with Gasteiger partial charge < -0.3 is 10.5 Å². The van der Waals surface area contributed by atoms with Gasteiger partial charge in [-0.05, 0) is 25.7 Å². The summed E-state index contributed by atoms with van der Waals surface area (Å²) in [6.07, 6.45) is 1.44. The minimum absolute atomic E-state index is 0.0238. The van der Waals surface area contributed by atoms with E-state index in [-0.39, 0.29) is 30.1 Å². The Morgan fingerprint density at radius 2 is 2.17 bits per heavy atom. The van der Waals surface area contributed by atoms with Crippen LogP contribution < -0.4 is 11.3 Å². The molecule has 2 aromatic heterocycles. The summed E-state index contributed by atoms with van der Waals surface area (Å²) in [4.78, 5) is 22.3.